The van der Waals surface area contributed by atoms with Crippen LogP contribution in [0.25, 0.3) is 17.0 Å². The standard InChI is InChI=1S/C17H9F3N2O3/c18-11-7-13(20)12(19)6-10(11)17-15(22(23)24)5-8-1-2-14-9(3-4-21-14)16(8)25-17/h1-7,17,21H. The maximum Gasteiger partial charge on any atom is 0.291 e. The number of H-pyrrole nitrogens is 1. The van der Waals surface area contributed by atoms with Crippen LogP contribution in [0.2, 0.25) is 0 Å². The summed E-state index contributed by atoms with van der Waals surface area (Å²) in [6.07, 6.45) is 1.41. The predicted molar refractivity (Wildman–Crippen MR) is 83.0 cm³/mol. The Balaban J connectivity index is 1.93. The van der Waals surface area contributed by atoms with Crippen molar-refractivity contribution in [2.45, 2.75) is 6.10 Å². The van der Waals surface area contributed by atoms with Gasteiger partial charge in [0.15, 0.2) is 11.6 Å². The van der Waals surface area contributed by atoms with Gasteiger partial charge >= 0.3 is 0 Å². The summed E-state index contributed by atoms with van der Waals surface area (Å²) >= 11 is 0. The molecule has 1 unspecified atom stereocenters. The first-order chi connectivity index (χ1) is 12.0. The Hall–Kier alpha value is -3.29. The third-order valence-corrected chi connectivity index (χ3v) is 4.06. The van der Waals surface area contributed by atoms with Crippen LogP contribution in [0, 0.1) is 27.6 Å². The van der Waals surface area contributed by atoms with Crippen molar-refractivity contribution in [3.05, 3.63) is 80.9 Å². The number of hydrogen-bond acceptors (Lipinski definition) is 3. The minimum atomic E-state index is -1.50. The Morgan fingerprint density at radius 1 is 1.08 bits per heavy atom. The lowest BCUT2D eigenvalue weighted by molar-refractivity contribution is -0.434. The van der Waals surface area contributed by atoms with Crippen molar-refractivity contribution < 1.29 is 22.8 Å². The highest BCUT2D eigenvalue weighted by atomic mass is 19.2. The number of hydrogen-bond donors (Lipinski definition) is 1. The third kappa shape index (κ3) is 2.34. The van der Waals surface area contributed by atoms with E-state index >= 15 is 0 Å². The summed E-state index contributed by atoms with van der Waals surface area (Å²) in [6.45, 7) is 0. The summed E-state index contributed by atoms with van der Waals surface area (Å²) < 4.78 is 46.5. The van der Waals surface area contributed by atoms with E-state index < -0.39 is 39.7 Å². The van der Waals surface area contributed by atoms with Crippen LogP contribution < -0.4 is 4.74 Å². The molecule has 0 bridgehead atoms. The second kappa shape index (κ2) is 5.37. The number of nitrogens with one attached hydrogen (secondary N) is 1. The fraction of sp³-hybridized carbons (Fsp3) is 0.0588. The van der Waals surface area contributed by atoms with E-state index in [0.29, 0.717) is 28.8 Å². The lowest BCUT2D eigenvalue weighted by atomic mass is 9.99. The van der Waals surface area contributed by atoms with Crippen molar-refractivity contribution in [1.82, 2.24) is 4.98 Å². The van der Waals surface area contributed by atoms with Gasteiger partial charge < -0.3 is 9.72 Å². The number of halogens is 3. The predicted octanol–water partition coefficient (Wildman–Crippen LogP) is 4.34. The largest absolute Gasteiger partial charge is 0.473 e. The van der Waals surface area contributed by atoms with E-state index in [0.717, 1.165) is 5.52 Å². The number of rotatable bonds is 2. The molecule has 0 saturated carbocycles. The fourth-order valence-corrected chi connectivity index (χ4v) is 2.89. The number of fused-ring (bicyclic) bond motifs is 3. The van der Waals surface area contributed by atoms with E-state index in [4.69, 9.17) is 4.74 Å². The number of aromatic amines is 1. The third-order valence-electron chi connectivity index (χ3n) is 4.06. The molecule has 0 radical (unpaired) electrons. The first kappa shape index (κ1) is 15.3. The quantitative estimate of drug-likeness (QED) is 0.426. The van der Waals surface area contributed by atoms with Crippen molar-refractivity contribution in [3.8, 4) is 5.75 Å². The number of nitrogens with zero attached hydrogens (tertiary/aromatic N) is 1. The Morgan fingerprint density at radius 3 is 2.60 bits per heavy atom. The fourth-order valence-electron chi connectivity index (χ4n) is 2.89. The minimum Gasteiger partial charge on any atom is -0.473 e. The van der Waals surface area contributed by atoms with Gasteiger partial charge in [-0.2, -0.15) is 0 Å². The molecule has 1 aliphatic rings. The van der Waals surface area contributed by atoms with Crippen molar-refractivity contribution in [1.29, 1.82) is 0 Å². The Bertz CT molecular complexity index is 1060. The van der Waals surface area contributed by atoms with Crippen molar-refractivity contribution >= 4 is 17.0 Å². The highest BCUT2D eigenvalue weighted by Gasteiger charge is 2.36. The maximum atomic E-state index is 14.1. The Labute approximate surface area is 138 Å². The average molecular weight is 346 g/mol. The highest BCUT2D eigenvalue weighted by molar-refractivity contribution is 5.90. The van der Waals surface area contributed by atoms with Crippen molar-refractivity contribution in [2.75, 3.05) is 0 Å². The van der Waals surface area contributed by atoms with E-state index in [1.807, 2.05) is 0 Å². The molecule has 0 saturated heterocycles. The van der Waals surface area contributed by atoms with Crippen LogP contribution in [-0.4, -0.2) is 9.91 Å². The SMILES string of the molecule is O=[N+]([O-])C1=Cc2ccc3[nH]ccc3c2OC1c1cc(F)c(F)cc1F. The van der Waals surface area contributed by atoms with Gasteiger partial charge in [-0.3, -0.25) is 10.1 Å². The number of benzene rings is 2. The molecule has 1 aromatic heterocycles. The van der Waals surface area contributed by atoms with Gasteiger partial charge in [-0.05, 0) is 24.3 Å². The molecule has 25 heavy (non-hydrogen) atoms. The number of ether oxygens (including phenoxy) is 1. The van der Waals surface area contributed by atoms with Gasteiger partial charge in [-0.25, -0.2) is 13.2 Å². The number of aromatic nitrogens is 1. The molecule has 4 rings (SSSR count). The van der Waals surface area contributed by atoms with Gasteiger partial charge in [0, 0.05) is 40.4 Å². The van der Waals surface area contributed by atoms with E-state index in [1.165, 1.54) is 6.08 Å². The summed E-state index contributed by atoms with van der Waals surface area (Å²) in [5, 5.41) is 12.0. The summed E-state index contributed by atoms with van der Waals surface area (Å²) in [5.41, 5.74) is 0.256. The molecule has 0 aliphatic carbocycles. The van der Waals surface area contributed by atoms with Gasteiger partial charge in [-0.1, -0.05) is 0 Å². The first-order valence-electron chi connectivity index (χ1n) is 7.23. The second-order valence-electron chi connectivity index (χ2n) is 5.53. The maximum absolute atomic E-state index is 14.1. The van der Waals surface area contributed by atoms with Gasteiger partial charge in [0.1, 0.15) is 11.6 Å². The molecular weight excluding hydrogens is 337 g/mol. The molecule has 0 amide bonds. The van der Waals surface area contributed by atoms with E-state index in [-0.39, 0.29) is 0 Å². The van der Waals surface area contributed by atoms with Gasteiger partial charge in [-0.15, -0.1) is 0 Å². The first-order valence-corrected chi connectivity index (χ1v) is 7.23. The Kier molecular flexibility index (Phi) is 3.28. The highest BCUT2D eigenvalue weighted by Crippen LogP contribution is 2.42. The lowest BCUT2D eigenvalue weighted by Crippen LogP contribution is -2.21. The summed E-state index contributed by atoms with van der Waals surface area (Å²) in [5.74, 6) is -3.51. The van der Waals surface area contributed by atoms with Crippen molar-refractivity contribution in [2.24, 2.45) is 0 Å². The number of nitro groups is 1. The molecule has 1 aliphatic heterocycles. The average Bonchev–Trinajstić information content (AvgIpc) is 3.06. The molecule has 1 atom stereocenters. The topological polar surface area (TPSA) is 68.2 Å². The van der Waals surface area contributed by atoms with Crippen LogP contribution in [0.5, 0.6) is 5.75 Å². The van der Waals surface area contributed by atoms with E-state index in [9.17, 15) is 23.3 Å². The summed E-state index contributed by atoms with van der Waals surface area (Å²) in [4.78, 5) is 13.6. The molecule has 126 valence electrons. The van der Waals surface area contributed by atoms with Crippen LogP contribution in [0.1, 0.15) is 17.2 Å². The van der Waals surface area contributed by atoms with Crippen LogP contribution in [0.4, 0.5) is 13.2 Å². The summed E-state index contributed by atoms with van der Waals surface area (Å²) in [6, 6.07) is 5.98. The molecule has 8 heteroatoms. The minimum absolute atomic E-state index is 0.304. The monoisotopic (exact) mass is 346 g/mol. The molecule has 2 aromatic carbocycles. The molecule has 3 aromatic rings. The zero-order valence-corrected chi connectivity index (χ0v) is 12.4. The van der Waals surface area contributed by atoms with Gasteiger partial charge in [0.2, 0.25) is 6.10 Å². The molecule has 1 N–H and O–H groups in total. The van der Waals surface area contributed by atoms with E-state index in [1.54, 1.807) is 24.4 Å². The molecular formula is C17H9F3N2O3. The molecule has 2 heterocycles. The van der Waals surface area contributed by atoms with Gasteiger partial charge in [0.05, 0.1) is 4.92 Å². The molecule has 5 nitrogen and oxygen atoms in total. The van der Waals surface area contributed by atoms with Crippen LogP contribution in [0.3, 0.4) is 0 Å². The lowest BCUT2D eigenvalue weighted by Gasteiger charge is -2.23. The molecule has 0 spiro atoms. The van der Waals surface area contributed by atoms with Gasteiger partial charge in [0.25, 0.3) is 5.70 Å². The van der Waals surface area contributed by atoms with Crippen LogP contribution >= 0.6 is 0 Å². The van der Waals surface area contributed by atoms with Crippen LogP contribution in [0.15, 0.2) is 42.2 Å². The van der Waals surface area contributed by atoms with Crippen LogP contribution in [-0.2, 0) is 0 Å². The Morgan fingerprint density at radius 2 is 1.84 bits per heavy atom. The second-order valence-corrected chi connectivity index (χ2v) is 5.53. The molecule has 0 fully saturated rings. The van der Waals surface area contributed by atoms with E-state index in [2.05, 4.69) is 4.98 Å². The summed E-state index contributed by atoms with van der Waals surface area (Å²) in [7, 11) is 0. The zero-order chi connectivity index (χ0) is 17.7. The van der Waals surface area contributed by atoms with Crippen molar-refractivity contribution in [3.63, 3.8) is 0 Å². The normalized spacial score (nSPS) is 16.3. The smallest absolute Gasteiger partial charge is 0.291 e. The zero-order valence-electron chi connectivity index (χ0n) is 12.4.